The smallest absolute Gasteiger partial charge is 0.407 e. The van der Waals surface area contributed by atoms with Crippen LogP contribution in [0.5, 0.6) is 0 Å². The van der Waals surface area contributed by atoms with Gasteiger partial charge in [-0.25, -0.2) is 4.79 Å². The number of anilines is 1. The number of nitrogens with zero attached hydrogens (tertiary/aromatic N) is 2. The van der Waals surface area contributed by atoms with Crippen LogP contribution in [0.2, 0.25) is 0 Å². The number of ether oxygens (including phenoxy) is 1. The lowest BCUT2D eigenvalue weighted by atomic mass is 9.88. The van der Waals surface area contributed by atoms with Crippen molar-refractivity contribution in [2.45, 2.75) is 44.6 Å². The molecule has 4 rings (SSSR count). The third kappa shape index (κ3) is 5.30. The van der Waals surface area contributed by atoms with Gasteiger partial charge in [-0.2, -0.15) is 5.26 Å². The number of hydrogen-bond acceptors (Lipinski definition) is 6. The normalized spacial score (nSPS) is 18.0. The molecule has 2 amide bonds. The molecular formula is C23H24N4O3S. The molecule has 2 aromatic rings. The molecule has 2 aliphatic carbocycles. The van der Waals surface area contributed by atoms with Crippen molar-refractivity contribution in [2.75, 3.05) is 11.9 Å². The molecule has 2 aliphatic rings. The van der Waals surface area contributed by atoms with E-state index in [2.05, 4.69) is 21.7 Å². The number of pyridine rings is 1. The molecule has 0 spiro atoms. The van der Waals surface area contributed by atoms with Crippen LogP contribution in [0.1, 0.15) is 47.3 Å². The Morgan fingerprint density at radius 1 is 1.35 bits per heavy atom. The fourth-order valence-corrected chi connectivity index (χ4v) is 5.07. The minimum atomic E-state index is -0.340. The molecule has 0 aromatic carbocycles. The molecule has 1 unspecified atom stereocenters. The Morgan fingerprint density at radius 2 is 2.23 bits per heavy atom. The Morgan fingerprint density at radius 3 is 2.94 bits per heavy atom. The highest BCUT2D eigenvalue weighted by Crippen LogP contribution is 2.39. The molecule has 1 fully saturated rings. The van der Waals surface area contributed by atoms with Crippen LogP contribution < -0.4 is 10.6 Å². The van der Waals surface area contributed by atoms with E-state index in [1.807, 2.05) is 6.07 Å². The number of nitrogens with one attached hydrogen (secondary N) is 2. The number of hydrogen-bond donors (Lipinski definition) is 2. The van der Waals surface area contributed by atoms with Crippen molar-refractivity contribution in [3.8, 4) is 6.07 Å². The van der Waals surface area contributed by atoms with Crippen LogP contribution in [-0.4, -0.2) is 29.6 Å². The summed E-state index contributed by atoms with van der Waals surface area (Å²) in [6, 6.07) is 6.17. The highest BCUT2D eigenvalue weighted by atomic mass is 32.1. The lowest BCUT2D eigenvalue weighted by molar-refractivity contribution is -0.111. The molecule has 0 saturated heterocycles. The predicted octanol–water partition coefficient (Wildman–Crippen LogP) is 4.05. The highest BCUT2D eigenvalue weighted by Gasteiger charge is 2.27. The number of thiophene rings is 1. The molecule has 0 bridgehead atoms. The molecular weight excluding hydrogens is 412 g/mol. The van der Waals surface area contributed by atoms with Crippen molar-refractivity contribution in [1.29, 1.82) is 5.26 Å². The average Bonchev–Trinajstić information content (AvgIpc) is 3.10. The van der Waals surface area contributed by atoms with Crippen LogP contribution in [0, 0.1) is 17.2 Å². The number of fused-ring (bicyclic) bond motifs is 1. The third-order valence-electron chi connectivity index (χ3n) is 5.70. The van der Waals surface area contributed by atoms with Crippen LogP contribution in [0.3, 0.4) is 0 Å². The maximum Gasteiger partial charge on any atom is 0.407 e. The Balaban J connectivity index is 1.35. The third-order valence-corrected chi connectivity index (χ3v) is 6.87. The molecule has 160 valence electrons. The monoisotopic (exact) mass is 436 g/mol. The minimum Gasteiger partial charge on any atom is -0.449 e. The number of amides is 2. The molecule has 2 aromatic heterocycles. The Hall–Kier alpha value is -3.18. The zero-order valence-corrected chi connectivity index (χ0v) is 17.9. The average molecular weight is 437 g/mol. The SMILES string of the molecule is N#Cc1c(NC(=O)/C=C/c2cccnc2)sc2c1CCC(COC(=O)NC1CCC1)C2. The van der Waals surface area contributed by atoms with Crippen molar-refractivity contribution in [3.05, 3.63) is 52.2 Å². The van der Waals surface area contributed by atoms with Crippen LogP contribution in [0.15, 0.2) is 30.6 Å². The van der Waals surface area contributed by atoms with Crippen LogP contribution in [-0.2, 0) is 22.4 Å². The topological polar surface area (TPSA) is 104 Å². The van der Waals surface area contributed by atoms with Crippen molar-refractivity contribution in [2.24, 2.45) is 5.92 Å². The van der Waals surface area contributed by atoms with Gasteiger partial charge in [-0.05, 0) is 67.7 Å². The van der Waals surface area contributed by atoms with E-state index < -0.39 is 0 Å². The lowest BCUT2D eigenvalue weighted by Gasteiger charge is -2.27. The predicted molar refractivity (Wildman–Crippen MR) is 119 cm³/mol. The Bertz CT molecular complexity index is 1020. The highest BCUT2D eigenvalue weighted by molar-refractivity contribution is 7.16. The van der Waals surface area contributed by atoms with E-state index in [-0.39, 0.29) is 24.0 Å². The fraction of sp³-hybridized carbons (Fsp3) is 0.391. The minimum absolute atomic E-state index is 0.221. The van der Waals surface area contributed by atoms with Gasteiger partial charge in [0.1, 0.15) is 11.1 Å². The molecule has 8 heteroatoms. The summed E-state index contributed by atoms with van der Waals surface area (Å²) in [5.41, 5.74) is 2.38. The van der Waals surface area contributed by atoms with E-state index >= 15 is 0 Å². The Labute approximate surface area is 185 Å². The summed E-state index contributed by atoms with van der Waals surface area (Å²) in [4.78, 5) is 29.3. The molecule has 0 aliphatic heterocycles. The number of carbonyl (C=O) groups is 2. The van der Waals surface area contributed by atoms with Gasteiger partial charge >= 0.3 is 6.09 Å². The van der Waals surface area contributed by atoms with Crippen molar-refractivity contribution in [3.63, 3.8) is 0 Å². The van der Waals surface area contributed by atoms with E-state index in [0.29, 0.717) is 17.2 Å². The van der Waals surface area contributed by atoms with E-state index in [0.717, 1.165) is 54.5 Å². The number of nitriles is 1. The zero-order valence-electron chi connectivity index (χ0n) is 17.1. The number of aromatic nitrogens is 1. The molecule has 1 atom stereocenters. The van der Waals surface area contributed by atoms with Crippen molar-refractivity contribution in [1.82, 2.24) is 10.3 Å². The quantitative estimate of drug-likeness (QED) is 0.665. The van der Waals surface area contributed by atoms with Gasteiger partial charge in [0.15, 0.2) is 0 Å². The first kappa shape index (κ1) is 21.1. The maximum atomic E-state index is 12.3. The van der Waals surface area contributed by atoms with E-state index in [1.165, 1.54) is 17.4 Å². The Kier molecular flexibility index (Phi) is 6.63. The summed E-state index contributed by atoms with van der Waals surface area (Å²) in [5.74, 6) is -0.0645. The zero-order chi connectivity index (χ0) is 21.6. The lowest BCUT2D eigenvalue weighted by Crippen LogP contribution is -2.40. The molecule has 1 saturated carbocycles. The van der Waals surface area contributed by atoms with Gasteiger partial charge in [0.25, 0.3) is 0 Å². The second kappa shape index (κ2) is 9.75. The van der Waals surface area contributed by atoms with Crippen LogP contribution in [0.4, 0.5) is 9.80 Å². The van der Waals surface area contributed by atoms with Crippen molar-refractivity contribution < 1.29 is 14.3 Å². The van der Waals surface area contributed by atoms with E-state index in [1.54, 1.807) is 24.5 Å². The van der Waals surface area contributed by atoms with Crippen LogP contribution >= 0.6 is 11.3 Å². The van der Waals surface area contributed by atoms with Gasteiger partial charge in [-0.3, -0.25) is 9.78 Å². The molecule has 7 nitrogen and oxygen atoms in total. The number of alkyl carbamates (subject to hydrolysis) is 1. The summed E-state index contributed by atoms with van der Waals surface area (Å²) in [6.45, 7) is 0.368. The number of carbonyl (C=O) groups excluding carboxylic acids is 2. The van der Waals surface area contributed by atoms with Gasteiger partial charge < -0.3 is 15.4 Å². The first-order valence-corrected chi connectivity index (χ1v) is 11.3. The van der Waals surface area contributed by atoms with Gasteiger partial charge in [0.2, 0.25) is 5.91 Å². The fourth-order valence-electron chi connectivity index (χ4n) is 3.76. The van der Waals surface area contributed by atoms with Crippen LogP contribution in [0.25, 0.3) is 6.08 Å². The number of rotatable bonds is 6. The summed E-state index contributed by atoms with van der Waals surface area (Å²) in [6.07, 6.45) is 11.7. The van der Waals surface area contributed by atoms with Gasteiger partial charge in [0.05, 0.1) is 12.2 Å². The molecule has 0 radical (unpaired) electrons. The largest absolute Gasteiger partial charge is 0.449 e. The van der Waals surface area contributed by atoms with Gasteiger partial charge in [-0.1, -0.05) is 6.07 Å². The standard InChI is InChI=1S/C23H24N4O3S/c24-12-19-18-8-6-16(14-30-23(29)26-17-4-1-5-17)11-20(18)31-22(19)27-21(28)9-7-15-3-2-10-25-13-15/h2-3,7,9-10,13,16-17H,1,4-6,8,11,14H2,(H,26,29)(H,27,28)/b9-7+. The molecule has 2 heterocycles. The second-order valence-electron chi connectivity index (χ2n) is 7.91. The second-order valence-corrected chi connectivity index (χ2v) is 9.01. The van der Waals surface area contributed by atoms with Gasteiger partial charge in [-0.15, -0.1) is 11.3 Å². The van der Waals surface area contributed by atoms with E-state index in [4.69, 9.17) is 4.74 Å². The maximum absolute atomic E-state index is 12.3. The summed E-state index contributed by atoms with van der Waals surface area (Å²) in [7, 11) is 0. The summed E-state index contributed by atoms with van der Waals surface area (Å²) in [5, 5.41) is 15.9. The molecule has 2 N–H and O–H groups in total. The van der Waals surface area contributed by atoms with Crippen molar-refractivity contribution >= 4 is 34.4 Å². The van der Waals surface area contributed by atoms with E-state index in [9.17, 15) is 14.9 Å². The summed E-state index contributed by atoms with van der Waals surface area (Å²) >= 11 is 1.44. The van der Waals surface area contributed by atoms with Gasteiger partial charge in [0, 0.05) is 29.4 Å². The molecule has 31 heavy (non-hydrogen) atoms. The first-order chi connectivity index (χ1) is 15.1. The first-order valence-electron chi connectivity index (χ1n) is 10.5. The summed E-state index contributed by atoms with van der Waals surface area (Å²) < 4.78 is 5.41.